The first-order valence-electron chi connectivity index (χ1n) is 9.32. The summed E-state index contributed by atoms with van der Waals surface area (Å²) < 4.78 is 31.6. The average molecular weight is 405 g/mol. The van der Waals surface area contributed by atoms with Gasteiger partial charge in [0.15, 0.2) is 0 Å². The summed E-state index contributed by atoms with van der Waals surface area (Å²) in [6.07, 6.45) is 0. The van der Waals surface area contributed by atoms with Crippen LogP contribution in [0.15, 0.2) is 53.4 Å². The number of carbonyl (C=O) groups is 1. The zero-order valence-corrected chi connectivity index (χ0v) is 17.6. The van der Waals surface area contributed by atoms with Gasteiger partial charge in [-0.1, -0.05) is 38.1 Å². The lowest BCUT2D eigenvalue weighted by molar-refractivity contribution is 0.0939. The van der Waals surface area contributed by atoms with Crippen LogP contribution in [0.2, 0.25) is 0 Å². The second kappa shape index (κ2) is 9.82. The molecule has 0 heterocycles. The lowest BCUT2D eigenvalue weighted by atomic mass is 10.1. The molecule has 0 saturated carbocycles. The third-order valence-corrected chi connectivity index (χ3v) is 6.66. The first-order chi connectivity index (χ1) is 13.3. The number of benzene rings is 2. The van der Waals surface area contributed by atoms with E-state index in [0.717, 1.165) is 11.1 Å². The molecule has 0 saturated heterocycles. The molecule has 152 valence electrons. The van der Waals surface area contributed by atoms with E-state index in [1.165, 1.54) is 4.31 Å². The van der Waals surface area contributed by atoms with Crippen LogP contribution < -0.4 is 5.32 Å². The van der Waals surface area contributed by atoms with Crippen molar-refractivity contribution in [2.75, 3.05) is 20.2 Å². The van der Waals surface area contributed by atoms with Crippen LogP contribution in [0.1, 0.15) is 48.3 Å². The van der Waals surface area contributed by atoms with Gasteiger partial charge in [0.1, 0.15) is 0 Å². The first-order valence-corrected chi connectivity index (χ1v) is 10.8. The summed E-state index contributed by atoms with van der Waals surface area (Å²) >= 11 is 0. The highest BCUT2D eigenvalue weighted by atomic mass is 32.2. The zero-order valence-electron chi connectivity index (χ0n) is 16.8. The van der Waals surface area contributed by atoms with E-state index in [1.54, 1.807) is 43.5 Å². The molecule has 6 nitrogen and oxygen atoms in total. The maximum Gasteiger partial charge on any atom is 0.251 e. The Morgan fingerprint density at radius 1 is 1.04 bits per heavy atom. The van der Waals surface area contributed by atoms with Gasteiger partial charge in [-0.3, -0.25) is 4.79 Å². The lowest BCUT2D eigenvalue weighted by Gasteiger charge is -2.19. The Balaban J connectivity index is 2.08. The number of sulfonamides is 1. The Labute approximate surface area is 167 Å². The molecule has 2 rings (SSSR count). The van der Waals surface area contributed by atoms with Gasteiger partial charge >= 0.3 is 0 Å². The van der Waals surface area contributed by atoms with Crippen LogP contribution in [0.25, 0.3) is 0 Å². The predicted molar refractivity (Wildman–Crippen MR) is 110 cm³/mol. The summed E-state index contributed by atoms with van der Waals surface area (Å²) in [5.41, 5.74) is 2.40. The third-order valence-electron chi connectivity index (χ3n) is 4.60. The van der Waals surface area contributed by atoms with Crippen molar-refractivity contribution < 1.29 is 17.9 Å². The average Bonchev–Trinajstić information content (AvgIpc) is 2.69. The molecule has 0 unspecified atom stereocenters. The van der Waals surface area contributed by atoms with Crippen LogP contribution in [0, 0.1) is 0 Å². The van der Waals surface area contributed by atoms with Crippen molar-refractivity contribution in [2.45, 2.75) is 38.3 Å². The van der Waals surface area contributed by atoms with Crippen molar-refractivity contribution in [1.29, 1.82) is 0 Å². The fourth-order valence-electron chi connectivity index (χ4n) is 2.92. The number of hydrogen-bond acceptors (Lipinski definition) is 4. The van der Waals surface area contributed by atoms with Crippen LogP contribution in [-0.4, -0.2) is 38.8 Å². The quantitative estimate of drug-likeness (QED) is 0.695. The van der Waals surface area contributed by atoms with Gasteiger partial charge in [-0.05, 0) is 42.3 Å². The first kappa shape index (κ1) is 22.1. The van der Waals surface area contributed by atoms with Crippen LogP contribution in [0.3, 0.4) is 0 Å². The van der Waals surface area contributed by atoms with E-state index >= 15 is 0 Å². The normalized spacial score (nSPS) is 12.8. The van der Waals surface area contributed by atoms with Gasteiger partial charge in [0.25, 0.3) is 5.91 Å². The minimum atomic E-state index is -3.48. The predicted octanol–water partition coefficient (Wildman–Crippen LogP) is 3.35. The van der Waals surface area contributed by atoms with Gasteiger partial charge < -0.3 is 10.1 Å². The SMILES string of the molecule is CCN(CC)S(=O)(=O)c1ccc([C@@H](C)NC(=O)c2ccc(COC)cc2)cc1. The second-order valence-corrected chi connectivity index (χ2v) is 8.42. The number of nitrogens with zero attached hydrogens (tertiary/aromatic N) is 1. The summed E-state index contributed by atoms with van der Waals surface area (Å²) in [7, 11) is -1.86. The van der Waals surface area contributed by atoms with Crippen LogP contribution in [0.5, 0.6) is 0 Å². The number of methoxy groups -OCH3 is 1. The molecule has 2 aromatic rings. The summed E-state index contributed by atoms with van der Waals surface area (Å²) in [4.78, 5) is 12.7. The minimum Gasteiger partial charge on any atom is -0.380 e. The molecule has 0 spiro atoms. The summed E-state index contributed by atoms with van der Waals surface area (Å²) in [6.45, 7) is 6.85. The van der Waals surface area contributed by atoms with E-state index in [4.69, 9.17) is 4.74 Å². The minimum absolute atomic E-state index is 0.184. The number of nitrogens with one attached hydrogen (secondary N) is 1. The van der Waals surface area contributed by atoms with Crippen LogP contribution >= 0.6 is 0 Å². The highest BCUT2D eigenvalue weighted by Crippen LogP contribution is 2.20. The van der Waals surface area contributed by atoms with Crippen molar-refractivity contribution in [2.24, 2.45) is 0 Å². The molecular formula is C21H28N2O4S. The molecule has 1 atom stereocenters. The molecule has 0 fully saturated rings. The zero-order chi connectivity index (χ0) is 20.7. The van der Waals surface area contributed by atoms with Crippen molar-refractivity contribution >= 4 is 15.9 Å². The number of rotatable bonds is 9. The molecular weight excluding hydrogens is 376 g/mol. The van der Waals surface area contributed by atoms with Gasteiger partial charge in [0, 0.05) is 25.8 Å². The smallest absolute Gasteiger partial charge is 0.251 e. The van der Waals surface area contributed by atoms with Crippen molar-refractivity contribution in [3.63, 3.8) is 0 Å². The molecule has 0 bridgehead atoms. The lowest BCUT2D eigenvalue weighted by Crippen LogP contribution is -2.30. The highest BCUT2D eigenvalue weighted by Gasteiger charge is 2.21. The van der Waals surface area contributed by atoms with E-state index < -0.39 is 10.0 Å². The molecule has 0 aliphatic rings. The number of hydrogen-bond donors (Lipinski definition) is 1. The van der Waals surface area contributed by atoms with Crippen molar-refractivity contribution in [3.05, 3.63) is 65.2 Å². The third kappa shape index (κ3) is 5.19. The molecule has 28 heavy (non-hydrogen) atoms. The van der Waals surface area contributed by atoms with E-state index in [9.17, 15) is 13.2 Å². The van der Waals surface area contributed by atoms with E-state index in [1.807, 2.05) is 32.9 Å². The van der Waals surface area contributed by atoms with E-state index in [-0.39, 0.29) is 16.8 Å². The van der Waals surface area contributed by atoms with E-state index in [2.05, 4.69) is 5.32 Å². The molecule has 0 radical (unpaired) electrons. The van der Waals surface area contributed by atoms with Gasteiger partial charge in [-0.25, -0.2) is 8.42 Å². The topological polar surface area (TPSA) is 75.7 Å². The Morgan fingerprint density at radius 2 is 1.61 bits per heavy atom. The molecule has 1 N–H and O–H groups in total. The maximum atomic E-state index is 12.6. The number of ether oxygens (including phenoxy) is 1. The van der Waals surface area contributed by atoms with Gasteiger partial charge in [0.2, 0.25) is 10.0 Å². The fraction of sp³-hybridized carbons (Fsp3) is 0.381. The fourth-order valence-corrected chi connectivity index (χ4v) is 4.38. The monoisotopic (exact) mass is 404 g/mol. The summed E-state index contributed by atoms with van der Waals surface area (Å²) in [5.74, 6) is -0.184. The number of amides is 1. The second-order valence-electron chi connectivity index (χ2n) is 6.48. The maximum absolute atomic E-state index is 12.6. The molecule has 0 aliphatic heterocycles. The Kier molecular flexibility index (Phi) is 7.74. The van der Waals surface area contributed by atoms with Crippen LogP contribution in [0.4, 0.5) is 0 Å². The Bertz CT molecular complexity index is 874. The standard InChI is InChI=1S/C21H28N2O4S/c1-5-23(6-2)28(25,26)20-13-11-18(12-14-20)16(3)22-21(24)19-9-7-17(8-10-19)15-27-4/h7-14,16H,5-6,15H2,1-4H3,(H,22,24)/t16-/m1/s1. The van der Waals surface area contributed by atoms with Gasteiger partial charge in [-0.15, -0.1) is 0 Å². The van der Waals surface area contributed by atoms with Crippen molar-refractivity contribution in [1.82, 2.24) is 9.62 Å². The molecule has 0 aliphatic carbocycles. The molecule has 1 amide bonds. The molecule has 2 aromatic carbocycles. The van der Waals surface area contributed by atoms with Gasteiger partial charge in [0.05, 0.1) is 17.5 Å². The largest absolute Gasteiger partial charge is 0.380 e. The van der Waals surface area contributed by atoms with Crippen molar-refractivity contribution in [3.8, 4) is 0 Å². The molecule has 7 heteroatoms. The summed E-state index contributed by atoms with van der Waals surface area (Å²) in [5, 5.41) is 2.94. The van der Waals surface area contributed by atoms with Gasteiger partial charge in [-0.2, -0.15) is 4.31 Å². The molecule has 0 aromatic heterocycles. The van der Waals surface area contributed by atoms with E-state index in [0.29, 0.717) is 25.3 Å². The summed E-state index contributed by atoms with van der Waals surface area (Å²) in [6, 6.07) is 13.6. The Morgan fingerprint density at radius 3 is 2.11 bits per heavy atom. The van der Waals surface area contributed by atoms with Crippen LogP contribution in [-0.2, 0) is 21.4 Å². The number of carbonyl (C=O) groups excluding carboxylic acids is 1. The highest BCUT2D eigenvalue weighted by molar-refractivity contribution is 7.89. The Hall–Kier alpha value is -2.22.